The number of nitrogens with one attached hydrogen (secondary N) is 2. The quantitative estimate of drug-likeness (QED) is 0.731. The Balaban J connectivity index is 1.75. The molecule has 0 radical (unpaired) electrons. The van der Waals surface area contributed by atoms with Gasteiger partial charge in [0.2, 0.25) is 5.95 Å². The third-order valence-electron chi connectivity index (χ3n) is 4.01. The van der Waals surface area contributed by atoms with Crippen LogP contribution in [0.5, 0.6) is 0 Å². The normalized spacial score (nSPS) is 10.4. The molecule has 5 heteroatoms. The lowest BCUT2D eigenvalue weighted by Crippen LogP contribution is -2.24. The molecule has 0 aliphatic carbocycles. The molecule has 2 aromatic carbocycles. The van der Waals surface area contributed by atoms with E-state index in [1.165, 1.54) is 5.56 Å². The molecule has 0 saturated heterocycles. The first-order valence-corrected chi connectivity index (χ1v) is 8.53. The molecule has 1 amide bonds. The van der Waals surface area contributed by atoms with E-state index in [1.807, 2.05) is 56.3 Å². The Morgan fingerprint density at radius 1 is 0.962 bits per heavy atom. The minimum Gasteiger partial charge on any atom is -0.347 e. The van der Waals surface area contributed by atoms with Crippen LogP contribution in [-0.2, 0) is 6.54 Å². The van der Waals surface area contributed by atoms with E-state index in [0.29, 0.717) is 18.2 Å². The van der Waals surface area contributed by atoms with Crippen LogP contribution in [-0.4, -0.2) is 15.9 Å². The predicted molar refractivity (Wildman–Crippen MR) is 104 cm³/mol. The summed E-state index contributed by atoms with van der Waals surface area (Å²) in [6.07, 6.45) is 0. The van der Waals surface area contributed by atoms with Gasteiger partial charge in [-0.2, -0.15) is 0 Å². The van der Waals surface area contributed by atoms with Crippen LogP contribution < -0.4 is 10.6 Å². The van der Waals surface area contributed by atoms with E-state index in [0.717, 1.165) is 22.5 Å². The lowest BCUT2D eigenvalue weighted by molar-refractivity contribution is 0.0945. The van der Waals surface area contributed by atoms with Gasteiger partial charge in [0.25, 0.3) is 5.91 Å². The van der Waals surface area contributed by atoms with Crippen molar-refractivity contribution in [1.29, 1.82) is 0 Å². The molecular formula is C21H22N4O. The molecule has 0 aliphatic heterocycles. The highest BCUT2D eigenvalue weighted by molar-refractivity contribution is 5.92. The molecule has 26 heavy (non-hydrogen) atoms. The summed E-state index contributed by atoms with van der Waals surface area (Å²) < 4.78 is 0. The Hall–Kier alpha value is -3.21. The van der Waals surface area contributed by atoms with Crippen molar-refractivity contribution in [1.82, 2.24) is 15.3 Å². The molecule has 0 unspecified atom stereocenters. The zero-order chi connectivity index (χ0) is 18.5. The summed E-state index contributed by atoms with van der Waals surface area (Å²) in [5.41, 5.74) is 5.35. The molecule has 5 nitrogen and oxygen atoms in total. The van der Waals surface area contributed by atoms with E-state index in [2.05, 4.69) is 33.6 Å². The maximum absolute atomic E-state index is 12.5. The lowest BCUT2D eigenvalue weighted by atomic mass is 10.1. The number of aryl methyl sites for hydroxylation is 3. The van der Waals surface area contributed by atoms with Crippen molar-refractivity contribution in [2.24, 2.45) is 0 Å². The van der Waals surface area contributed by atoms with Crippen LogP contribution in [0.15, 0.2) is 54.6 Å². The van der Waals surface area contributed by atoms with E-state index in [4.69, 9.17) is 0 Å². The number of carbonyl (C=O) groups excluding carboxylic acids is 1. The van der Waals surface area contributed by atoms with Crippen molar-refractivity contribution in [3.05, 3.63) is 82.7 Å². The molecule has 0 aliphatic rings. The second-order valence-electron chi connectivity index (χ2n) is 6.33. The first-order chi connectivity index (χ1) is 12.5. The number of hydrogen-bond acceptors (Lipinski definition) is 4. The second-order valence-corrected chi connectivity index (χ2v) is 6.33. The number of benzene rings is 2. The Labute approximate surface area is 153 Å². The molecule has 2 N–H and O–H groups in total. The number of carbonyl (C=O) groups is 1. The number of hydrogen-bond donors (Lipinski definition) is 2. The fraction of sp³-hybridized carbons (Fsp3) is 0.190. The van der Waals surface area contributed by atoms with Gasteiger partial charge in [0.05, 0.1) is 0 Å². The molecule has 3 aromatic rings. The number of rotatable bonds is 5. The van der Waals surface area contributed by atoms with Gasteiger partial charge in [-0.05, 0) is 44.0 Å². The summed E-state index contributed by atoms with van der Waals surface area (Å²) in [6, 6.07) is 17.6. The van der Waals surface area contributed by atoms with Gasteiger partial charge in [-0.3, -0.25) is 4.79 Å². The van der Waals surface area contributed by atoms with Gasteiger partial charge in [-0.15, -0.1) is 0 Å². The van der Waals surface area contributed by atoms with Crippen molar-refractivity contribution in [3.8, 4) is 0 Å². The van der Waals surface area contributed by atoms with Gasteiger partial charge in [-0.1, -0.05) is 48.0 Å². The monoisotopic (exact) mass is 346 g/mol. The van der Waals surface area contributed by atoms with Crippen LogP contribution in [0.25, 0.3) is 0 Å². The highest BCUT2D eigenvalue weighted by Gasteiger charge is 2.11. The SMILES string of the molecule is Cc1ccc(Nc2nc(C)cc(C(=O)NCc3ccccc3)n2)c(C)c1. The highest BCUT2D eigenvalue weighted by atomic mass is 16.1. The van der Waals surface area contributed by atoms with Gasteiger partial charge in [0.15, 0.2) is 0 Å². The van der Waals surface area contributed by atoms with Crippen LogP contribution in [0.2, 0.25) is 0 Å². The minimum atomic E-state index is -0.219. The van der Waals surface area contributed by atoms with Crippen molar-refractivity contribution in [2.75, 3.05) is 5.32 Å². The molecule has 0 bridgehead atoms. The predicted octanol–water partition coefficient (Wildman–Crippen LogP) is 4.08. The molecule has 0 saturated carbocycles. The zero-order valence-corrected chi connectivity index (χ0v) is 15.2. The Morgan fingerprint density at radius 3 is 2.46 bits per heavy atom. The first kappa shape index (κ1) is 17.6. The Bertz CT molecular complexity index is 923. The Morgan fingerprint density at radius 2 is 1.73 bits per heavy atom. The van der Waals surface area contributed by atoms with Gasteiger partial charge < -0.3 is 10.6 Å². The minimum absolute atomic E-state index is 0.219. The summed E-state index contributed by atoms with van der Waals surface area (Å²) in [7, 11) is 0. The second kappa shape index (κ2) is 7.78. The summed E-state index contributed by atoms with van der Waals surface area (Å²) in [4.78, 5) is 21.2. The van der Waals surface area contributed by atoms with Gasteiger partial charge >= 0.3 is 0 Å². The van der Waals surface area contributed by atoms with Crippen LogP contribution >= 0.6 is 0 Å². The van der Waals surface area contributed by atoms with Crippen molar-refractivity contribution < 1.29 is 4.79 Å². The first-order valence-electron chi connectivity index (χ1n) is 8.53. The van der Waals surface area contributed by atoms with Crippen molar-refractivity contribution in [3.63, 3.8) is 0 Å². The largest absolute Gasteiger partial charge is 0.347 e. The molecule has 1 heterocycles. The van der Waals surface area contributed by atoms with E-state index >= 15 is 0 Å². The fourth-order valence-electron chi connectivity index (χ4n) is 2.68. The van der Waals surface area contributed by atoms with E-state index < -0.39 is 0 Å². The van der Waals surface area contributed by atoms with E-state index in [1.54, 1.807) is 6.07 Å². The van der Waals surface area contributed by atoms with Gasteiger partial charge in [-0.25, -0.2) is 9.97 Å². The average Bonchev–Trinajstić information content (AvgIpc) is 2.62. The molecule has 132 valence electrons. The van der Waals surface area contributed by atoms with Crippen molar-refractivity contribution in [2.45, 2.75) is 27.3 Å². The number of amides is 1. The standard InChI is InChI=1S/C21H22N4O/c1-14-9-10-18(15(2)11-14)24-21-23-16(3)12-19(25-21)20(26)22-13-17-7-5-4-6-8-17/h4-12H,13H2,1-3H3,(H,22,26)(H,23,24,25). The summed E-state index contributed by atoms with van der Waals surface area (Å²) >= 11 is 0. The molecule has 0 fully saturated rings. The maximum Gasteiger partial charge on any atom is 0.270 e. The maximum atomic E-state index is 12.5. The van der Waals surface area contributed by atoms with Gasteiger partial charge in [0.1, 0.15) is 5.69 Å². The highest BCUT2D eigenvalue weighted by Crippen LogP contribution is 2.19. The Kier molecular flexibility index (Phi) is 5.27. The zero-order valence-electron chi connectivity index (χ0n) is 15.2. The number of nitrogens with zero attached hydrogens (tertiary/aromatic N) is 2. The molecular weight excluding hydrogens is 324 g/mol. The molecule has 3 rings (SSSR count). The van der Waals surface area contributed by atoms with Crippen LogP contribution in [0, 0.1) is 20.8 Å². The van der Waals surface area contributed by atoms with Crippen LogP contribution in [0.4, 0.5) is 11.6 Å². The van der Waals surface area contributed by atoms with Crippen LogP contribution in [0.1, 0.15) is 32.9 Å². The van der Waals surface area contributed by atoms with Gasteiger partial charge in [0, 0.05) is 17.9 Å². The third kappa shape index (κ3) is 4.45. The fourth-order valence-corrected chi connectivity index (χ4v) is 2.68. The molecule has 0 atom stereocenters. The summed E-state index contributed by atoms with van der Waals surface area (Å²) in [5, 5.41) is 6.10. The average molecular weight is 346 g/mol. The number of aromatic nitrogens is 2. The summed E-state index contributed by atoms with van der Waals surface area (Å²) in [6.45, 7) is 6.39. The molecule has 0 spiro atoms. The third-order valence-corrected chi connectivity index (χ3v) is 4.01. The number of anilines is 2. The topological polar surface area (TPSA) is 66.9 Å². The van der Waals surface area contributed by atoms with Crippen molar-refractivity contribution >= 4 is 17.5 Å². The van der Waals surface area contributed by atoms with E-state index in [9.17, 15) is 4.79 Å². The lowest BCUT2D eigenvalue weighted by Gasteiger charge is -2.11. The van der Waals surface area contributed by atoms with Crippen LogP contribution in [0.3, 0.4) is 0 Å². The van der Waals surface area contributed by atoms with E-state index in [-0.39, 0.29) is 5.91 Å². The molecule has 1 aromatic heterocycles. The smallest absolute Gasteiger partial charge is 0.270 e. The summed E-state index contributed by atoms with van der Waals surface area (Å²) in [5.74, 6) is 0.199.